The Labute approximate surface area is 110 Å². The Morgan fingerprint density at radius 2 is 2.06 bits per heavy atom. The maximum Gasteiger partial charge on any atom is 0.0708 e. The third-order valence-electron chi connectivity index (χ3n) is 4.21. The molecule has 2 rings (SSSR count). The summed E-state index contributed by atoms with van der Waals surface area (Å²) in [5.74, 6) is 1.19. The molecule has 0 amide bonds. The fourth-order valence-corrected chi connectivity index (χ4v) is 3.86. The zero-order chi connectivity index (χ0) is 12.1. The van der Waals surface area contributed by atoms with Gasteiger partial charge in [-0.1, -0.05) is 19.3 Å². The number of nitrogens with one attached hydrogen (secondary N) is 1. The molecule has 17 heavy (non-hydrogen) atoms. The molecule has 0 aromatic heterocycles. The molecule has 1 saturated carbocycles. The molecule has 0 aromatic carbocycles. The van der Waals surface area contributed by atoms with E-state index in [1.54, 1.807) is 0 Å². The van der Waals surface area contributed by atoms with Gasteiger partial charge in [0.1, 0.15) is 0 Å². The maximum absolute atomic E-state index is 6.35. The summed E-state index contributed by atoms with van der Waals surface area (Å²) in [5, 5.41) is 3.60. The van der Waals surface area contributed by atoms with Crippen molar-refractivity contribution < 1.29 is 4.74 Å². The minimum absolute atomic E-state index is 0.285. The molecule has 1 aliphatic heterocycles. The molecule has 0 radical (unpaired) electrons. The topological polar surface area (TPSA) is 21.3 Å². The van der Waals surface area contributed by atoms with E-state index in [2.05, 4.69) is 18.5 Å². The molecule has 0 bridgehead atoms. The molecule has 1 saturated heterocycles. The second kappa shape index (κ2) is 6.44. The molecule has 100 valence electrons. The van der Waals surface area contributed by atoms with Gasteiger partial charge in [-0.3, -0.25) is 0 Å². The van der Waals surface area contributed by atoms with E-state index in [0.717, 1.165) is 6.54 Å². The average molecular weight is 257 g/mol. The van der Waals surface area contributed by atoms with Crippen LogP contribution in [0.3, 0.4) is 0 Å². The van der Waals surface area contributed by atoms with Crippen LogP contribution in [0.2, 0.25) is 0 Å². The summed E-state index contributed by atoms with van der Waals surface area (Å²) in [7, 11) is 0. The lowest BCUT2D eigenvalue weighted by Gasteiger charge is -2.33. The molecule has 2 unspecified atom stereocenters. The SMILES string of the molecule is CSCC(C)NCC1CCC2(CCCCC2)O1. The Balaban J connectivity index is 1.70. The van der Waals surface area contributed by atoms with Crippen LogP contribution in [0.4, 0.5) is 0 Å². The first-order chi connectivity index (χ1) is 8.24. The van der Waals surface area contributed by atoms with Gasteiger partial charge < -0.3 is 10.1 Å². The van der Waals surface area contributed by atoms with Crippen LogP contribution >= 0.6 is 11.8 Å². The largest absolute Gasteiger partial charge is 0.370 e. The molecule has 1 heterocycles. The van der Waals surface area contributed by atoms with Gasteiger partial charge in [-0.2, -0.15) is 11.8 Å². The van der Waals surface area contributed by atoms with Crippen molar-refractivity contribution in [1.29, 1.82) is 0 Å². The van der Waals surface area contributed by atoms with Gasteiger partial charge in [-0.15, -0.1) is 0 Å². The number of hydrogen-bond acceptors (Lipinski definition) is 3. The summed E-state index contributed by atoms with van der Waals surface area (Å²) < 4.78 is 6.35. The lowest BCUT2D eigenvalue weighted by atomic mass is 9.83. The zero-order valence-electron chi connectivity index (χ0n) is 11.3. The second-order valence-electron chi connectivity index (χ2n) is 5.79. The van der Waals surface area contributed by atoms with Crippen LogP contribution in [0.25, 0.3) is 0 Å². The van der Waals surface area contributed by atoms with Crippen molar-refractivity contribution in [3.05, 3.63) is 0 Å². The van der Waals surface area contributed by atoms with Gasteiger partial charge in [0, 0.05) is 18.3 Å². The average Bonchev–Trinajstić information content (AvgIpc) is 2.71. The van der Waals surface area contributed by atoms with E-state index in [4.69, 9.17) is 4.74 Å². The first kappa shape index (κ1) is 13.7. The summed E-state index contributed by atoms with van der Waals surface area (Å²) in [6.45, 7) is 3.31. The third kappa shape index (κ3) is 3.87. The molecule has 1 aliphatic carbocycles. The highest BCUT2D eigenvalue weighted by atomic mass is 32.2. The van der Waals surface area contributed by atoms with Gasteiger partial charge in [0.2, 0.25) is 0 Å². The van der Waals surface area contributed by atoms with E-state index in [9.17, 15) is 0 Å². The normalized spacial score (nSPS) is 29.6. The molecule has 2 fully saturated rings. The smallest absolute Gasteiger partial charge is 0.0708 e. The van der Waals surface area contributed by atoms with Crippen LogP contribution in [0.15, 0.2) is 0 Å². The first-order valence-corrected chi connectivity index (χ1v) is 8.54. The highest BCUT2D eigenvalue weighted by molar-refractivity contribution is 7.98. The standard InChI is InChI=1S/C14H27NOS/c1-12(11-17-2)15-10-13-6-9-14(16-13)7-4-3-5-8-14/h12-13,15H,3-11H2,1-2H3. The van der Waals surface area contributed by atoms with Gasteiger partial charge in [0.15, 0.2) is 0 Å². The van der Waals surface area contributed by atoms with Crippen LogP contribution < -0.4 is 5.32 Å². The van der Waals surface area contributed by atoms with Crippen LogP contribution in [-0.4, -0.2) is 36.3 Å². The highest BCUT2D eigenvalue weighted by Gasteiger charge is 2.40. The Hall–Kier alpha value is 0.270. The third-order valence-corrected chi connectivity index (χ3v) is 5.05. The highest BCUT2D eigenvalue weighted by Crippen LogP contribution is 2.41. The molecule has 2 atom stereocenters. The quantitative estimate of drug-likeness (QED) is 0.817. The van der Waals surface area contributed by atoms with Crippen molar-refractivity contribution >= 4 is 11.8 Å². The van der Waals surface area contributed by atoms with E-state index in [1.165, 1.54) is 50.7 Å². The molecule has 0 aromatic rings. The van der Waals surface area contributed by atoms with Gasteiger partial charge in [0.25, 0.3) is 0 Å². The molecule has 1 N–H and O–H groups in total. The van der Waals surface area contributed by atoms with E-state index in [-0.39, 0.29) is 5.60 Å². The molecular weight excluding hydrogens is 230 g/mol. The monoisotopic (exact) mass is 257 g/mol. The van der Waals surface area contributed by atoms with Gasteiger partial charge >= 0.3 is 0 Å². The van der Waals surface area contributed by atoms with E-state index >= 15 is 0 Å². The Bertz CT molecular complexity index is 228. The van der Waals surface area contributed by atoms with Crippen LogP contribution in [-0.2, 0) is 4.74 Å². The lowest BCUT2D eigenvalue weighted by Crippen LogP contribution is -2.38. The van der Waals surface area contributed by atoms with Crippen molar-refractivity contribution in [2.45, 2.75) is 69.6 Å². The summed E-state index contributed by atoms with van der Waals surface area (Å²) in [6.07, 6.45) is 12.0. The first-order valence-electron chi connectivity index (χ1n) is 7.14. The molecule has 3 heteroatoms. The second-order valence-corrected chi connectivity index (χ2v) is 6.70. The minimum atomic E-state index is 0.285. The summed E-state index contributed by atoms with van der Waals surface area (Å²) >= 11 is 1.91. The fraction of sp³-hybridized carbons (Fsp3) is 1.00. The Kier molecular flexibility index (Phi) is 5.19. The fourth-order valence-electron chi connectivity index (χ4n) is 3.24. The minimum Gasteiger partial charge on any atom is -0.370 e. The van der Waals surface area contributed by atoms with Gasteiger partial charge in [-0.25, -0.2) is 0 Å². The van der Waals surface area contributed by atoms with Crippen molar-refractivity contribution in [3.8, 4) is 0 Å². The van der Waals surface area contributed by atoms with Crippen LogP contribution in [0.5, 0.6) is 0 Å². The van der Waals surface area contributed by atoms with Gasteiger partial charge in [-0.05, 0) is 38.9 Å². The predicted molar refractivity (Wildman–Crippen MR) is 75.8 cm³/mol. The van der Waals surface area contributed by atoms with E-state index in [0.29, 0.717) is 12.1 Å². The van der Waals surface area contributed by atoms with Crippen molar-refractivity contribution in [2.24, 2.45) is 0 Å². The summed E-state index contributed by atoms with van der Waals surface area (Å²) in [6, 6.07) is 0.608. The summed E-state index contributed by atoms with van der Waals surface area (Å²) in [5.41, 5.74) is 0.285. The number of thioether (sulfide) groups is 1. The molecular formula is C14H27NOS. The number of hydrogen-bond donors (Lipinski definition) is 1. The molecule has 2 nitrogen and oxygen atoms in total. The lowest BCUT2D eigenvalue weighted by molar-refractivity contribution is -0.0627. The molecule has 1 spiro atoms. The zero-order valence-corrected chi connectivity index (χ0v) is 12.2. The maximum atomic E-state index is 6.35. The number of rotatable bonds is 5. The Morgan fingerprint density at radius 1 is 1.29 bits per heavy atom. The van der Waals surface area contributed by atoms with Crippen molar-refractivity contribution in [1.82, 2.24) is 5.32 Å². The van der Waals surface area contributed by atoms with Gasteiger partial charge in [0.05, 0.1) is 11.7 Å². The van der Waals surface area contributed by atoms with Crippen molar-refractivity contribution in [3.63, 3.8) is 0 Å². The van der Waals surface area contributed by atoms with Crippen LogP contribution in [0, 0.1) is 0 Å². The molecule has 2 aliphatic rings. The number of ether oxygens (including phenoxy) is 1. The Morgan fingerprint density at radius 3 is 2.76 bits per heavy atom. The summed E-state index contributed by atoms with van der Waals surface area (Å²) in [4.78, 5) is 0. The van der Waals surface area contributed by atoms with Crippen molar-refractivity contribution in [2.75, 3.05) is 18.6 Å². The van der Waals surface area contributed by atoms with Crippen LogP contribution in [0.1, 0.15) is 51.9 Å². The van der Waals surface area contributed by atoms with E-state index < -0.39 is 0 Å². The predicted octanol–water partition coefficient (Wildman–Crippen LogP) is 3.21. The van der Waals surface area contributed by atoms with E-state index in [1.807, 2.05) is 11.8 Å².